The van der Waals surface area contributed by atoms with E-state index in [4.69, 9.17) is 9.84 Å². The lowest BCUT2D eigenvalue weighted by Crippen LogP contribution is -2.69. The number of alkyl carbamates (subject to hydrolysis) is 1. The summed E-state index contributed by atoms with van der Waals surface area (Å²) < 4.78 is 5.53. The smallest absolute Gasteiger partial charge is 0.407 e. The number of carboxylic acids is 1. The van der Waals surface area contributed by atoms with Crippen LogP contribution in [-0.4, -0.2) is 64.9 Å². The summed E-state index contributed by atoms with van der Waals surface area (Å²) in [4.78, 5) is 37.7. The van der Waals surface area contributed by atoms with Crippen LogP contribution in [-0.2, 0) is 14.3 Å². The quantitative estimate of drug-likeness (QED) is 0.595. The topological polar surface area (TPSA) is 116 Å². The molecule has 33 heavy (non-hydrogen) atoms. The van der Waals surface area contributed by atoms with Gasteiger partial charge < -0.3 is 25.2 Å². The number of carbonyl (C=O) groups excluding carboxylic acids is 2. The predicted molar refractivity (Wildman–Crippen MR) is 121 cm³/mol. The number of β-amino-alcohol motifs (C(OH)–C–C–N with tert-alkyl or cyclic N) is 1. The summed E-state index contributed by atoms with van der Waals surface area (Å²) in [5, 5.41) is 21.6. The van der Waals surface area contributed by atoms with Crippen LogP contribution in [0, 0.1) is 5.41 Å². The lowest BCUT2D eigenvalue weighted by molar-refractivity contribution is -0.185. The van der Waals surface area contributed by atoms with Crippen molar-refractivity contribution in [2.24, 2.45) is 5.41 Å². The molecule has 1 atom stereocenters. The number of aliphatic carboxylic acids is 1. The first-order chi connectivity index (χ1) is 15.7. The SMILES string of the molecule is CCC(C)(CNC(=O)OCC1c2ccccc2-c2ccccc21)C(=O)N1CC(O)(C(=O)O)C1. The lowest BCUT2D eigenvalue weighted by Gasteiger charge is -2.46. The molecule has 174 valence electrons. The van der Waals surface area contributed by atoms with E-state index >= 15 is 0 Å². The van der Waals surface area contributed by atoms with Crippen molar-refractivity contribution in [3.63, 3.8) is 0 Å². The molecule has 2 aliphatic rings. The standard InChI is InChI=1S/C25H28N2O6/c1-3-24(2,21(28)27-14-25(32,15-27)22(29)30)13-26-23(31)33-12-20-18-10-6-4-8-16(18)17-9-5-7-11-19(17)20/h4-11,20,32H,3,12-15H2,1-2H3,(H,26,31)(H,29,30). The number of ether oxygens (including phenoxy) is 1. The fraction of sp³-hybridized carbons (Fsp3) is 0.400. The minimum absolute atomic E-state index is 0.0427. The summed E-state index contributed by atoms with van der Waals surface area (Å²) in [7, 11) is 0. The molecule has 2 amide bonds. The summed E-state index contributed by atoms with van der Waals surface area (Å²) in [5.41, 5.74) is 1.67. The fourth-order valence-electron chi connectivity index (χ4n) is 4.51. The van der Waals surface area contributed by atoms with Crippen LogP contribution >= 0.6 is 0 Å². The normalized spacial score (nSPS) is 17.8. The van der Waals surface area contributed by atoms with E-state index in [1.807, 2.05) is 43.3 Å². The Bertz CT molecular complexity index is 1050. The maximum atomic E-state index is 12.9. The number of carboxylic acid groups (broad SMARTS) is 1. The molecule has 1 aliphatic carbocycles. The molecule has 2 aromatic carbocycles. The Morgan fingerprint density at radius 3 is 2.15 bits per heavy atom. The molecule has 0 spiro atoms. The van der Waals surface area contributed by atoms with Gasteiger partial charge in [0.15, 0.2) is 5.60 Å². The van der Waals surface area contributed by atoms with Crippen molar-refractivity contribution in [1.29, 1.82) is 0 Å². The molecule has 0 aromatic heterocycles. The Hall–Kier alpha value is -3.39. The van der Waals surface area contributed by atoms with Gasteiger partial charge in [0, 0.05) is 12.5 Å². The van der Waals surface area contributed by atoms with Crippen LogP contribution < -0.4 is 5.32 Å². The predicted octanol–water partition coefficient (Wildman–Crippen LogP) is 2.60. The van der Waals surface area contributed by atoms with Gasteiger partial charge in [-0.1, -0.05) is 55.5 Å². The van der Waals surface area contributed by atoms with Crippen LogP contribution in [0.5, 0.6) is 0 Å². The summed E-state index contributed by atoms with van der Waals surface area (Å²) in [5.74, 6) is -1.71. The lowest BCUT2D eigenvalue weighted by atomic mass is 9.82. The highest BCUT2D eigenvalue weighted by Crippen LogP contribution is 2.44. The van der Waals surface area contributed by atoms with E-state index in [0.717, 1.165) is 22.3 Å². The first-order valence-electron chi connectivity index (χ1n) is 11.0. The molecule has 4 rings (SSSR count). The minimum atomic E-state index is -1.90. The number of amides is 2. The fourth-order valence-corrected chi connectivity index (χ4v) is 4.51. The first kappa shape index (κ1) is 22.8. The minimum Gasteiger partial charge on any atom is -0.479 e. The van der Waals surface area contributed by atoms with Crippen molar-refractivity contribution in [2.75, 3.05) is 26.2 Å². The van der Waals surface area contributed by atoms with Gasteiger partial charge >= 0.3 is 12.1 Å². The molecule has 3 N–H and O–H groups in total. The molecule has 2 aromatic rings. The van der Waals surface area contributed by atoms with Crippen LogP contribution in [0.15, 0.2) is 48.5 Å². The second-order valence-corrected chi connectivity index (χ2v) is 9.09. The van der Waals surface area contributed by atoms with Gasteiger partial charge in [-0.05, 0) is 35.6 Å². The number of aliphatic hydroxyl groups is 1. The monoisotopic (exact) mass is 452 g/mol. The Morgan fingerprint density at radius 1 is 1.09 bits per heavy atom. The largest absolute Gasteiger partial charge is 0.479 e. The van der Waals surface area contributed by atoms with Crippen LogP contribution in [0.2, 0.25) is 0 Å². The second-order valence-electron chi connectivity index (χ2n) is 9.09. The molecular weight excluding hydrogens is 424 g/mol. The number of nitrogens with one attached hydrogen (secondary N) is 1. The number of fused-ring (bicyclic) bond motifs is 3. The molecule has 1 saturated heterocycles. The maximum Gasteiger partial charge on any atom is 0.407 e. The van der Waals surface area contributed by atoms with E-state index in [1.165, 1.54) is 4.90 Å². The van der Waals surface area contributed by atoms with Gasteiger partial charge in [-0.25, -0.2) is 9.59 Å². The van der Waals surface area contributed by atoms with E-state index in [-0.39, 0.29) is 38.1 Å². The Balaban J connectivity index is 1.35. The number of nitrogens with zero attached hydrogens (tertiary/aromatic N) is 1. The summed E-state index contributed by atoms with van der Waals surface area (Å²) in [6, 6.07) is 16.1. The van der Waals surface area contributed by atoms with E-state index in [1.54, 1.807) is 6.92 Å². The zero-order valence-corrected chi connectivity index (χ0v) is 18.7. The molecular formula is C25H28N2O6. The van der Waals surface area contributed by atoms with Crippen LogP contribution in [0.3, 0.4) is 0 Å². The molecule has 0 radical (unpaired) electrons. The highest BCUT2D eigenvalue weighted by Gasteiger charge is 2.52. The van der Waals surface area contributed by atoms with Gasteiger partial charge in [-0.2, -0.15) is 0 Å². The van der Waals surface area contributed by atoms with Gasteiger partial charge in [0.2, 0.25) is 5.91 Å². The van der Waals surface area contributed by atoms with Gasteiger partial charge in [-0.15, -0.1) is 0 Å². The first-order valence-corrected chi connectivity index (χ1v) is 11.0. The molecule has 8 nitrogen and oxygen atoms in total. The third-order valence-electron chi connectivity index (χ3n) is 6.85. The number of hydrogen-bond donors (Lipinski definition) is 3. The van der Waals surface area contributed by atoms with Crippen molar-refractivity contribution in [2.45, 2.75) is 31.8 Å². The van der Waals surface area contributed by atoms with E-state index < -0.39 is 23.1 Å². The van der Waals surface area contributed by atoms with Crippen molar-refractivity contribution in [1.82, 2.24) is 10.2 Å². The Labute approximate surface area is 192 Å². The van der Waals surface area contributed by atoms with Crippen LogP contribution in [0.4, 0.5) is 4.79 Å². The summed E-state index contributed by atoms with van der Waals surface area (Å²) >= 11 is 0. The molecule has 1 aliphatic heterocycles. The van der Waals surface area contributed by atoms with E-state index in [2.05, 4.69) is 17.4 Å². The van der Waals surface area contributed by atoms with Crippen molar-refractivity contribution < 1.29 is 29.3 Å². The van der Waals surface area contributed by atoms with Crippen molar-refractivity contribution in [3.05, 3.63) is 59.7 Å². The van der Waals surface area contributed by atoms with Gasteiger partial charge in [0.25, 0.3) is 0 Å². The number of carbonyl (C=O) groups is 3. The average molecular weight is 453 g/mol. The maximum absolute atomic E-state index is 12.9. The van der Waals surface area contributed by atoms with Crippen molar-refractivity contribution in [3.8, 4) is 11.1 Å². The summed E-state index contributed by atoms with van der Waals surface area (Å²) in [6.07, 6.45) is -0.188. The third-order valence-corrected chi connectivity index (χ3v) is 6.85. The van der Waals surface area contributed by atoms with E-state index in [0.29, 0.717) is 6.42 Å². The molecule has 1 unspecified atom stereocenters. The highest BCUT2D eigenvalue weighted by molar-refractivity contribution is 5.88. The highest BCUT2D eigenvalue weighted by atomic mass is 16.5. The van der Waals surface area contributed by atoms with Gasteiger partial charge in [0.05, 0.1) is 18.5 Å². The Kier molecular flexibility index (Phi) is 5.88. The van der Waals surface area contributed by atoms with Crippen LogP contribution in [0.1, 0.15) is 37.3 Å². The number of hydrogen-bond acceptors (Lipinski definition) is 5. The second kappa shape index (κ2) is 8.51. The van der Waals surface area contributed by atoms with Crippen LogP contribution in [0.25, 0.3) is 11.1 Å². The zero-order chi connectivity index (χ0) is 23.8. The molecule has 8 heteroatoms. The van der Waals surface area contributed by atoms with E-state index in [9.17, 15) is 19.5 Å². The zero-order valence-electron chi connectivity index (χ0n) is 18.7. The third kappa shape index (κ3) is 4.06. The van der Waals surface area contributed by atoms with Gasteiger partial charge in [0.1, 0.15) is 6.61 Å². The molecule has 0 saturated carbocycles. The molecule has 1 fully saturated rings. The molecule has 1 heterocycles. The van der Waals surface area contributed by atoms with Crippen molar-refractivity contribution >= 4 is 18.0 Å². The van der Waals surface area contributed by atoms with Gasteiger partial charge in [-0.3, -0.25) is 4.79 Å². The number of benzene rings is 2. The number of rotatable bonds is 7. The average Bonchev–Trinajstić information content (AvgIpc) is 3.12. The summed E-state index contributed by atoms with van der Waals surface area (Å²) in [6.45, 7) is 3.22. The Morgan fingerprint density at radius 2 is 1.64 bits per heavy atom. The molecule has 0 bridgehead atoms. The number of likely N-dealkylation sites (tertiary alicyclic amines) is 1.